The van der Waals surface area contributed by atoms with Gasteiger partial charge in [0.15, 0.2) is 4.96 Å². The first-order valence-corrected chi connectivity index (χ1v) is 11.1. The third-order valence-electron chi connectivity index (χ3n) is 4.81. The third kappa shape index (κ3) is 3.92. The molecule has 0 aliphatic carbocycles. The second-order valence-electron chi connectivity index (χ2n) is 6.80. The Morgan fingerprint density at radius 1 is 1.34 bits per heavy atom. The fourth-order valence-electron chi connectivity index (χ4n) is 3.33. The Morgan fingerprint density at radius 2 is 2.17 bits per heavy atom. The van der Waals surface area contributed by atoms with E-state index in [2.05, 4.69) is 4.98 Å². The monoisotopic (exact) mass is 429 g/mol. The number of aryl methyl sites for hydroxylation is 1. The van der Waals surface area contributed by atoms with Gasteiger partial charge in [0.2, 0.25) is 5.91 Å². The number of carbonyl (C=O) groups is 2. The zero-order valence-corrected chi connectivity index (χ0v) is 17.6. The number of rotatable bonds is 5. The molecule has 3 aromatic rings. The van der Waals surface area contributed by atoms with Crippen LogP contribution in [0.4, 0.5) is 5.69 Å². The molecule has 1 saturated heterocycles. The van der Waals surface area contributed by atoms with Crippen LogP contribution >= 0.6 is 23.1 Å². The summed E-state index contributed by atoms with van der Waals surface area (Å²) in [5.41, 5.74) is 1.81. The van der Waals surface area contributed by atoms with E-state index in [4.69, 9.17) is 4.74 Å². The van der Waals surface area contributed by atoms with Crippen LogP contribution in [0.25, 0.3) is 4.96 Å². The lowest BCUT2D eigenvalue weighted by molar-refractivity contribution is -0.149. The Morgan fingerprint density at radius 3 is 2.97 bits per heavy atom. The van der Waals surface area contributed by atoms with Gasteiger partial charge in [0.05, 0.1) is 11.6 Å². The van der Waals surface area contributed by atoms with Crippen molar-refractivity contribution in [3.05, 3.63) is 57.5 Å². The van der Waals surface area contributed by atoms with E-state index in [0.717, 1.165) is 16.3 Å². The molecular formula is C20H19N3O4S2. The van der Waals surface area contributed by atoms with Crippen LogP contribution in [0.2, 0.25) is 0 Å². The molecular weight excluding hydrogens is 410 g/mol. The molecule has 7 nitrogen and oxygen atoms in total. The molecule has 0 saturated carbocycles. The molecule has 0 radical (unpaired) electrons. The first-order valence-electron chi connectivity index (χ1n) is 9.04. The number of ether oxygens (including phenoxy) is 1. The number of nitrogens with zero attached hydrogens (tertiary/aromatic N) is 3. The standard InChI is InChI=1S/C20H19N3O4S2/c1-12-11-29-20-21-14(7-18(25)23(12)20)10-27-19(26)13-6-17(24)22(9-13)15-4-3-5-16(8-15)28-2/h3-5,7-8,11,13H,6,9-10H2,1-2H3/t13-/m0/s1. The van der Waals surface area contributed by atoms with Gasteiger partial charge in [0, 0.05) is 40.7 Å². The maximum Gasteiger partial charge on any atom is 0.311 e. The second-order valence-corrected chi connectivity index (χ2v) is 8.51. The zero-order chi connectivity index (χ0) is 20.5. The summed E-state index contributed by atoms with van der Waals surface area (Å²) in [6.07, 6.45) is 2.08. The third-order valence-corrected chi connectivity index (χ3v) is 6.48. The Bertz CT molecular complexity index is 1150. The molecule has 29 heavy (non-hydrogen) atoms. The smallest absolute Gasteiger partial charge is 0.311 e. The van der Waals surface area contributed by atoms with Crippen molar-refractivity contribution in [2.45, 2.75) is 24.8 Å². The van der Waals surface area contributed by atoms with E-state index in [0.29, 0.717) is 10.7 Å². The van der Waals surface area contributed by atoms with Crippen molar-refractivity contribution in [3.8, 4) is 0 Å². The largest absolute Gasteiger partial charge is 0.459 e. The van der Waals surface area contributed by atoms with E-state index >= 15 is 0 Å². The van der Waals surface area contributed by atoms with Gasteiger partial charge in [-0.1, -0.05) is 6.07 Å². The van der Waals surface area contributed by atoms with E-state index in [1.165, 1.54) is 21.8 Å². The van der Waals surface area contributed by atoms with Crippen LogP contribution in [-0.2, 0) is 20.9 Å². The van der Waals surface area contributed by atoms with Crippen molar-refractivity contribution in [2.24, 2.45) is 5.92 Å². The first kappa shape index (κ1) is 19.7. The number of thiazole rings is 1. The fraction of sp³-hybridized carbons (Fsp3) is 0.300. The van der Waals surface area contributed by atoms with Gasteiger partial charge in [-0.05, 0) is 31.4 Å². The van der Waals surface area contributed by atoms with E-state index < -0.39 is 11.9 Å². The topological polar surface area (TPSA) is 81.0 Å². The average molecular weight is 430 g/mol. The van der Waals surface area contributed by atoms with Gasteiger partial charge in [-0.15, -0.1) is 23.1 Å². The molecule has 1 aliphatic heterocycles. The summed E-state index contributed by atoms with van der Waals surface area (Å²) < 4.78 is 6.89. The summed E-state index contributed by atoms with van der Waals surface area (Å²) in [7, 11) is 0. The van der Waals surface area contributed by atoms with Crippen LogP contribution in [0.3, 0.4) is 0 Å². The van der Waals surface area contributed by atoms with Crippen molar-refractivity contribution in [1.82, 2.24) is 9.38 Å². The number of aromatic nitrogens is 2. The van der Waals surface area contributed by atoms with Crippen molar-refractivity contribution < 1.29 is 14.3 Å². The molecule has 3 heterocycles. The summed E-state index contributed by atoms with van der Waals surface area (Å²) in [6.45, 7) is 2.03. The number of amides is 1. The average Bonchev–Trinajstić information content (AvgIpc) is 3.29. The molecule has 0 unspecified atom stereocenters. The lowest BCUT2D eigenvalue weighted by atomic mass is 10.1. The molecule has 0 bridgehead atoms. The van der Waals surface area contributed by atoms with Crippen LogP contribution in [0, 0.1) is 12.8 Å². The summed E-state index contributed by atoms with van der Waals surface area (Å²) in [5, 5.41) is 1.85. The van der Waals surface area contributed by atoms with Gasteiger partial charge in [0.25, 0.3) is 5.56 Å². The number of carbonyl (C=O) groups excluding carboxylic acids is 2. The van der Waals surface area contributed by atoms with Crippen LogP contribution in [0.15, 0.2) is 45.4 Å². The van der Waals surface area contributed by atoms with E-state index in [1.807, 2.05) is 42.8 Å². The highest BCUT2D eigenvalue weighted by Crippen LogP contribution is 2.28. The number of thioether (sulfide) groups is 1. The minimum atomic E-state index is -0.533. The Labute approximate surface area is 175 Å². The molecule has 150 valence electrons. The number of fused-ring (bicyclic) bond motifs is 1. The lowest BCUT2D eigenvalue weighted by Crippen LogP contribution is -2.26. The molecule has 0 spiro atoms. The molecule has 1 aliphatic rings. The van der Waals surface area contributed by atoms with Crippen LogP contribution in [-0.4, -0.2) is 34.1 Å². The predicted molar refractivity (Wildman–Crippen MR) is 113 cm³/mol. The highest BCUT2D eigenvalue weighted by Gasteiger charge is 2.36. The van der Waals surface area contributed by atoms with Crippen LogP contribution < -0.4 is 10.5 Å². The van der Waals surface area contributed by atoms with E-state index in [1.54, 1.807) is 16.7 Å². The molecule has 1 amide bonds. The van der Waals surface area contributed by atoms with Gasteiger partial charge in [0.1, 0.15) is 6.61 Å². The predicted octanol–water partition coefficient (Wildman–Crippen LogP) is 2.88. The number of hydrogen-bond acceptors (Lipinski definition) is 7. The summed E-state index contributed by atoms with van der Waals surface area (Å²) in [4.78, 5) is 44.7. The van der Waals surface area contributed by atoms with Gasteiger partial charge in [-0.3, -0.25) is 18.8 Å². The summed E-state index contributed by atoms with van der Waals surface area (Å²) in [5.74, 6) is -1.09. The number of anilines is 1. The van der Waals surface area contributed by atoms with Crippen LogP contribution in [0.1, 0.15) is 17.8 Å². The zero-order valence-electron chi connectivity index (χ0n) is 16.0. The quantitative estimate of drug-likeness (QED) is 0.458. The maximum atomic E-state index is 12.5. The highest BCUT2D eigenvalue weighted by atomic mass is 32.2. The minimum Gasteiger partial charge on any atom is -0.459 e. The molecule has 0 N–H and O–H groups in total. The second kappa shape index (κ2) is 8.00. The lowest BCUT2D eigenvalue weighted by Gasteiger charge is -2.17. The number of esters is 1. The summed E-state index contributed by atoms with van der Waals surface area (Å²) in [6, 6.07) is 9.04. The molecule has 1 aromatic carbocycles. The normalized spacial score (nSPS) is 16.6. The Balaban J connectivity index is 1.43. The number of benzene rings is 1. The van der Waals surface area contributed by atoms with Crippen molar-refractivity contribution in [1.29, 1.82) is 0 Å². The van der Waals surface area contributed by atoms with E-state index in [9.17, 15) is 14.4 Å². The maximum absolute atomic E-state index is 12.5. The highest BCUT2D eigenvalue weighted by molar-refractivity contribution is 7.98. The van der Waals surface area contributed by atoms with Crippen molar-refractivity contribution in [2.75, 3.05) is 17.7 Å². The van der Waals surface area contributed by atoms with Crippen LogP contribution in [0.5, 0.6) is 0 Å². The van der Waals surface area contributed by atoms with E-state index in [-0.39, 0.29) is 31.0 Å². The fourth-order valence-corrected chi connectivity index (χ4v) is 4.68. The van der Waals surface area contributed by atoms with Gasteiger partial charge < -0.3 is 9.64 Å². The minimum absolute atomic E-state index is 0.0891. The molecule has 2 aromatic heterocycles. The summed E-state index contributed by atoms with van der Waals surface area (Å²) >= 11 is 2.96. The molecule has 9 heteroatoms. The SMILES string of the molecule is CSc1cccc(N2C[C@@H](C(=O)OCc3cc(=O)n4c(C)csc4n3)CC2=O)c1. The van der Waals surface area contributed by atoms with Crippen molar-refractivity contribution >= 4 is 45.6 Å². The Kier molecular flexibility index (Phi) is 5.42. The first-order chi connectivity index (χ1) is 14.0. The number of hydrogen-bond donors (Lipinski definition) is 0. The molecule has 1 atom stereocenters. The Hall–Kier alpha value is -2.65. The molecule has 4 rings (SSSR count). The van der Waals surface area contributed by atoms with Gasteiger partial charge >= 0.3 is 5.97 Å². The van der Waals surface area contributed by atoms with Gasteiger partial charge in [-0.25, -0.2) is 4.98 Å². The van der Waals surface area contributed by atoms with Gasteiger partial charge in [-0.2, -0.15) is 0 Å². The van der Waals surface area contributed by atoms with Crippen molar-refractivity contribution in [3.63, 3.8) is 0 Å². The molecule has 1 fully saturated rings.